The third-order valence-corrected chi connectivity index (χ3v) is 4.12. The highest BCUT2D eigenvalue weighted by atomic mass is 19.3. The van der Waals surface area contributed by atoms with E-state index in [1.54, 1.807) is 6.92 Å². The van der Waals surface area contributed by atoms with Gasteiger partial charge in [0, 0.05) is 24.6 Å². The molecule has 0 spiro atoms. The van der Waals surface area contributed by atoms with Crippen molar-refractivity contribution in [3.8, 4) is 5.75 Å². The van der Waals surface area contributed by atoms with E-state index in [1.807, 2.05) is 0 Å². The van der Waals surface area contributed by atoms with Gasteiger partial charge < -0.3 is 10.1 Å². The Morgan fingerprint density at radius 3 is 2.65 bits per heavy atom. The van der Waals surface area contributed by atoms with Crippen molar-refractivity contribution in [2.75, 3.05) is 5.32 Å². The first-order chi connectivity index (χ1) is 10.8. The van der Waals surface area contributed by atoms with Gasteiger partial charge in [-0.15, -0.1) is 0 Å². The second kappa shape index (κ2) is 7.06. The minimum Gasteiger partial charge on any atom is -0.487 e. The van der Waals surface area contributed by atoms with Crippen LogP contribution in [0.5, 0.6) is 5.75 Å². The Balaban J connectivity index is 1.97. The van der Waals surface area contributed by atoms with Crippen molar-refractivity contribution in [3.05, 3.63) is 36.7 Å². The molecule has 126 valence electrons. The van der Waals surface area contributed by atoms with Gasteiger partial charge >= 0.3 is 0 Å². The van der Waals surface area contributed by atoms with Crippen LogP contribution in [0.15, 0.2) is 30.9 Å². The van der Waals surface area contributed by atoms with Gasteiger partial charge in [0.15, 0.2) is 11.6 Å². The number of amides is 1. The van der Waals surface area contributed by atoms with Crippen LogP contribution in [0.3, 0.4) is 0 Å². The summed E-state index contributed by atoms with van der Waals surface area (Å²) in [5.74, 6) is -3.61. The molecule has 2 rings (SSSR count). The van der Waals surface area contributed by atoms with E-state index in [4.69, 9.17) is 4.74 Å². The van der Waals surface area contributed by atoms with Crippen molar-refractivity contribution in [1.29, 1.82) is 0 Å². The number of carbonyl (C=O) groups is 1. The Hall–Kier alpha value is -1.98. The number of carbonyl (C=O) groups excluding carboxylic acids is 1. The highest BCUT2D eigenvalue weighted by Gasteiger charge is 2.37. The molecule has 1 atom stereocenters. The van der Waals surface area contributed by atoms with E-state index in [0.717, 1.165) is 12.1 Å². The number of hydrogen-bond acceptors (Lipinski definition) is 2. The predicted molar refractivity (Wildman–Crippen MR) is 82.2 cm³/mol. The van der Waals surface area contributed by atoms with Gasteiger partial charge in [0.25, 0.3) is 0 Å². The summed E-state index contributed by atoms with van der Waals surface area (Å²) in [7, 11) is 0. The zero-order valence-corrected chi connectivity index (χ0v) is 13.0. The first-order valence-corrected chi connectivity index (χ1v) is 7.58. The molecule has 3 nitrogen and oxygen atoms in total. The number of alkyl halides is 2. The normalized spacial score (nSPS) is 19.0. The van der Waals surface area contributed by atoms with Crippen LogP contribution in [0.4, 0.5) is 18.9 Å². The van der Waals surface area contributed by atoms with Gasteiger partial charge in [0.1, 0.15) is 0 Å². The molecule has 1 amide bonds. The average Bonchev–Trinajstić information content (AvgIpc) is 2.49. The lowest BCUT2D eigenvalue weighted by Crippen LogP contribution is -2.32. The Kier molecular flexibility index (Phi) is 5.34. The fourth-order valence-corrected chi connectivity index (χ4v) is 2.70. The Bertz CT molecular complexity index is 579. The van der Waals surface area contributed by atoms with Crippen LogP contribution in [0.25, 0.3) is 0 Å². The Morgan fingerprint density at radius 1 is 1.43 bits per heavy atom. The second-order valence-electron chi connectivity index (χ2n) is 5.85. The highest BCUT2D eigenvalue weighted by Crippen LogP contribution is 2.38. The molecule has 0 radical (unpaired) electrons. The summed E-state index contributed by atoms with van der Waals surface area (Å²) < 4.78 is 46.0. The quantitative estimate of drug-likeness (QED) is 0.806. The van der Waals surface area contributed by atoms with Crippen LogP contribution in [0.1, 0.15) is 32.6 Å². The van der Waals surface area contributed by atoms with Gasteiger partial charge in [-0.1, -0.05) is 6.58 Å². The van der Waals surface area contributed by atoms with E-state index in [2.05, 4.69) is 11.9 Å². The van der Waals surface area contributed by atoms with E-state index in [9.17, 15) is 18.0 Å². The van der Waals surface area contributed by atoms with Gasteiger partial charge in [-0.25, -0.2) is 13.2 Å². The third-order valence-electron chi connectivity index (χ3n) is 4.12. The van der Waals surface area contributed by atoms with E-state index in [-0.39, 0.29) is 30.6 Å². The van der Waals surface area contributed by atoms with Gasteiger partial charge in [-0.3, -0.25) is 4.79 Å². The molecule has 1 aliphatic carbocycles. The molecule has 1 unspecified atom stereocenters. The van der Waals surface area contributed by atoms with Crippen molar-refractivity contribution in [2.45, 2.75) is 44.6 Å². The molecule has 0 aromatic heterocycles. The summed E-state index contributed by atoms with van der Waals surface area (Å²) in [6.07, 6.45) is 1.16. The number of rotatable bonds is 5. The van der Waals surface area contributed by atoms with E-state index in [0.29, 0.717) is 18.5 Å². The van der Waals surface area contributed by atoms with E-state index >= 15 is 0 Å². The summed E-state index contributed by atoms with van der Waals surface area (Å²) in [6, 6.07) is 4.09. The number of ether oxygens (including phenoxy) is 1. The molecular formula is C17H20F3NO2. The predicted octanol–water partition coefficient (Wildman–Crippen LogP) is 4.54. The number of nitrogens with one attached hydrogen (secondary N) is 1. The minimum atomic E-state index is -2.59. The first-order valence-electron chi connectivity index (χ1n) is 7.58. The molecule has 0 heterocycles. The van der Waals surface area contributed by atoms with Crippen molar-refractivity contribution in [2.24, 2.45) is 5.92 Å². The number of halogens is 3. The maximum Gasteiger partial charge on any atom is 0.248 e. The Labute approximate surface area is 133 Å². The summed E-state index contributed by atoms with van der Waals surface area (Å²) in [4.78, 5) is 11.2. The highest BCUT2D eigenvalue weighted by molar-refractivity contribution is 5.98. The van der Waals surface area contributed by atoms with Gasteiger partial charge in [0.2, 0.25) is 11.8 Å². The molecule has 0 saturated heterocycles. The van der Waals surface area contributed by atoms with Crippen molar-refractivity contribution in [3.63, 3.8) is 0 Å². The SMILES string of the molecule is C=CC(=O)Nc1ccc(OC(C)C2CCC(F)(F)CC2)c(F)c1. The van der Waals surface area contributed by atoms with Crippen LogP contribution < -0.4 is 10.1 Å². The average molecular weight is 327 g/mol. The number of benzene rings is 1. The summed E-state index contributed by atoms with van der Waals surface area (Å²) in [5.41, 5.74) is 0.296. The molecule has 1 fully saturated rings. The molecule has 0 aliphatic heterocycles. The van der Waals surface area contributed by atoms with Crippen molar-refractivity contribution in [1.82, 2.24) is 0 Å². The lowest BCUT2D eigenvalue weighted by atomic mass is 9.84. The van der Waals surface area contributed by atoms with Crippen molar-refractivity contribution < 1.29 is 22.7 Å². The molecule has 0 bridgehead atoms. The number of hydrogen-bond donors (Lipinski definition) is 1. The summed E-state index contributed by atoms with van der Waals surface area (Å²) >= 11 is 0. The van der Waals surface area contributed by atoms with E-state index < -0.39 is 17.6 Å². The molecule has 6 heteroatoms. The summed E-state index contributed by atoms with van der Waals surface area (Å²) in [6.45, 7) is 5.08. The smallest absolute Gasteiger partial charge is 0.248 e. The monoisotopic (exact) mass is 327 g/mol. The van der Waals surface area contributed by atoms with Gasteiger partial charge in [-0.2, -0.15) is 0 Å². The first kappa shape index (κ1) is 17.4. The topological polar surface area (TPSA) is 38.3 Å². The molecule has 23 heavy (non-hydrogen) atoms. The van der Waals surface area contributed by atoms with Gasteiger partial charge in [0.05, 0.1) is 6.10 Å². The maximum atomic E-state index is 14.0. The molecule has 1 aromatic rings. The van der Waals surface area contributed by atoms with Crippen LogP contribution in [-0.2, 0) is 4.79 Å². The zero-order valence-electron chi connectivity index (χ0n) is 13.0. The Morgan fingerprint density at radius 2 is 2.09 bits per heavy atom. The molecule has 1 aromatic carbocycles. The number of anilines is 1. The van der Waals surface area contributed by atoms with Gasteiger partial charge in [-0.05, 0) is 43.9 Å². The van der Waals surface area contributed by atoms with Crippen molar-refractivity contribution >= 4 is 11.6 Å². The summed E-state index contributed by atoms with van der Waals surface area (Å²) in [5, 5.41) is 2.45. The fourth-order valence-electron chi connectivity index (χ4n) is 2.70. The standard InChI is InChI=1S/C17H20F3NO2/c1-3-16(22)21-13-4-5-15(14(18)10-13)23-11(2)12-6-8-17(19,20)9-7-12/h3-5,10-12H,1,6-9H2,2H3,(H,21,22). The molecule has 1 saturated carbocycles. The second-order valence-corrected chi connectivity index (χ2v) is 5.85. The molecule has 1 N–H and O–H groups in total. The maximum absolute atomic E-state index is 14.0. The van der Waals surface area contributed by atoms with E-state index in [1.165, 1.54) is 12.1 Å². The molecule has 1 aliphatic rings. The fraction of sp³-hybridized carbons (Fsp3) is 0.471. The third kappa shape index (κ3) is 4.74. The van der Waals surface area contributed by atoms with Crippen LogP contribution in [0.2, 0.25) is 0 Å². The molecular weight excluding hydrogens is 307 g/mol. The zero-order chi connectivity index (χ0) is 17.0. The van der Waals surface area contributed by atoms with Crippen LogP contribution in [-0.4, -0.2) is 17.9 Å². The largest absolute Gasteiger partial charge is 0.487 e. The van der Waals surface area contributed by atoms with Crippen LogP contribution in [0, 0.1) is 11.7 Å². The lowest BCUT2D eigenvalue weighted by Gasteiger charge is -2.32. The van der Waals surface area contributed by atoms with Crippen LogP contribution >= 0.6 is 0 Å². The minimum absolute atomic E-state index is 0.0193. The lowest BCUT2D eigenvalue weighted by molar-refractivity contribution is -0.111.